The van der Waals surface area contributed by atoms with Crippen LogP contribution in [0.4, 0.5) is 0 Å². The molecule has 1 atom stereocenters. The summed E-state index contributed by atoms with van der Waals surface area (Å²) < 4.78 is 10.4. The second-order valence-electron chi connectivity index (χ2n) is 5.82. The number of nitrogens with one attached hydrogen (secondary N) is 2. The van der Waals surface area contributed by atoms with Gasteiger partial charge >= 0.3 is 0 Å². The fourth-order valence-electron chi connectivity index (χ4n) is 2.71. The van der Waals surface area contributed by atoms with Crippen molar-refractivity contribution in [3.63, 3.8) is 0 Å². The van der Waals surface area contributed by atoms with Crippen molar-refractivity contribution in [2.75, 3.05) is 20.2 Å². The van der Waals surface area contributed by atoms with Gasteiger partial charge in [0.15, 0.2) is 5.82 Å². The summed E-state index contributed by atoms with van der Waals surface area (Å²) in [7, 11) is 1.64. The predicted molar refractivity (Wildman–Crippen MR) is 95.1 cm³/mol. The number of amides is 1. The highest BCUT2D eigenvalue weighted by Gasteiger charge is 2.21. The van der Waals surface area contributed by atoms with Gasteiger partial charge in [-0.2, -0.15) is 4.98 Å². The molecule has 1 unspecified atom stereocenters. The Kier molecular flexibility index (Phi) is 7.21. The Morgan fingerprint density at radius 2 is 2.20 bits per heavy atom. The van der Waals surface area contributed by atoms with Crippen LogP contribution in [0.1, 0.15) is 30.1 Å². The monoisotopic (exact) mass is 366 g/mol. The van der Waals surface area contributed by atoms with Gasteiger partial charge in [0.1, 0.15) is 5.75 Å². The van der Waals surface area contributed by atoms with Crippen molar-refractivity contribution < 1.29 is 14.1 Å². The van der Waals surface area contributed by atoms with E-state index in [0.29, 0.717) is 31.1 Å². The zero-order valence-electron chi connectivity index (χ0n) is 14.2. The van der Waals surface area contributed by atoms with Crippen LogP contribution < -0.4 is 15.4 Å². The number of halogens is 1. The SMILES string of the molecule is COc1ccc(Cc2noc(CCNC(=O)C3CCCN3)n2)cc1.Cl. The van der Waals surface area contributed by atoms with Crippen molar-refractivity contribution >= 4 is 18.3 Å². The minimum Gasteiger partial charge on any atom is -0.497 e. The molecule has 0 radical (unpaired) electrons. The Morgan fingerprint density at radius 3 is 2.88 bits per heavy atom. The molecule has 2 heterocycles. The quantitative estimate of drug-likeness (QED) is 0.772. The Bertz CT molecular complexity index is 669. The van der Waals surface area contributed by atoms with Gasteiger partial charge in [0.2, 0.25) is 11.8 Å². The van der Waals surface area contributed by atoms with Gasteiger partial charge in [0.25, 0.3) is 0 Å². The summed E-state index contributed by atoms with van der Waals surface area (Å²) in [5.41, 5.74) is 1.09. The summed E-state index contributed by atoms with van der Waals surface area (Å²) in [4.78, 5) is 16.3. The summed E-state index contributed by atoms with van der Waals surface area (Å²) in [5.74, 6) is 2.04. The maximum absolute atomic E-state index is 11.9. The van der Waals surface area contributed by atoms with Crippen LogP contribution in [0.2, 0.25) is 0 Å². The van der Waals surface area contributed by atoms with Crippen molar-refractivity contribution in [2.45, 2.75) is 31.7 Å². The van der Waals surface area contributed by atoms with Crippen LogP contribution in [-0.2, 0) is 17.6 Å². The second-order valence-corrected chi connectivity index (χ2v) is 5.82. The summed E-state index contributed by atoms with van der Waals surface area (Å²) in [6.07, 6.45) is 3.09. The molecule has 0 aliphatic carbocycles. The molecular formula is C17H23ClN4O3. The Labute approximate surface area is 152 Å². The van der Waals surface area contributed by atoms with Crippen molar-refractivity contribution in [2.24, 2.45) is 0 Å². The molecular weight excluding hydrogens is 344 g/mol. The smallest absolute Gasteiger partial charge is 0.237 e. The number of rotatable bonds is 7. The van der Waals surface area contributed by atoms with Crippen LogP contribution in [0.5, 0.6) is 5.75 Å². The number of carbonyl (C=O) groups is 1. The molecule has 7 nitrogen and oxygen atoms in total. The third-order valence-electron chi connectivity index (χ3n) is 4.05. The van der Waals surface area contributed by atoms with Crippen LogP contribution in [0, 0.1) is 0 Å². The number of nitrogens with zero attached hydrogens (tertiary/aromatic N) is 2. The number of aromatic nitrogens is 2. The van der Waals surface area contributed by atoms with Gasteiger partial charge in [-0.25, -0.2) is 0 Å². The van der Waals surface area contributed by atoms with E-state index in [2.05, 4.69) is 20.8 Å². The molecule has 1 amide bonds. The molecule has 1 aromatic carbocycles. The standard InChI is InChI=1S/C17H22N4O3.ClH/c1-23-13-6-4-12(5-7-13)11-15-20-16(24-21-15)8-10-19-17(22)14-3-2-9-18-14;/h4-7,14,18H,2-3,8-11H2,1H3,(H,19,22);1H. The van der Waals surface area contributed by atoms with Crippen LogP contribution in [0.15, 0.2) is 28.8 Å². The maximum atomic E-state index is 11.9. The third-order valence-corrected chi connectivity index (χ3v) is 4.05. The lowest BCUT2D eigenvalue weighted by Gasteiger charge is -2.09. The first-order valence-electron chi connectivity index (χ1n) is 8.20. The summed E-state index contributed by atoms with van der Waals surface area (Å²) >= 11 is 0. The van der Waals surface area contributed by atoms with E-state index in [-0.39, 0.29) is 24.4 Å². The fourth-order valence-corrected chi connectivity index (χ4v) is 2.71. The topological polar surface area (TPSA) is 89.3 Å². The molecule has 1 aromatic heterocycles. The molecule has 2 aromatic rings. The largest absolute Gasteiger partial charge is 0.497 e. The van der Waals surface area contributed by atoms with Crippen molar-refractivity contribution in [3.8, 4) is 5.75 Å². The van der Waals surface area contributed by atoms with E-state index >= 15 is 0 Å². The number of hydrogen-bond donors (Lipinski definition) is 2. The zero-order chi connectivity index (χ0) is 16.8. The number of benzene rings is 1. The van der Waals surface area contributed by atoms with Crippen LogP contribution >= 0.6 is 12.4 Å². The van der Waals surface area contributed by atoms with Gasteiger partial charge < -0.3 is 19.9 Å². The Morgan fingerprint density at radius 1 is 1.40 bits per heavy atom. The molecule has 1 aliphatic heterocycles. The van der Waals surface area contributed by atoms with Crippen LogP contribution in [-0.4, -0.2) is 42.3 Å². The molecule has 0 saturated carbocycles. The number of ether oxygens (including phenoxy) is 1. The van der Waals surface area contributed by atoms with Gasteiger partial charge in [-0.3, -0.25) is 4.79 Å². The molecule has 1 saturated heterocycles. The number of carbonyl (C=O) groups excluding carboxylic acids is 1. The lowest BCUT2D eigenvalue weighted by Crippen LogP contribution is -2.41. The average molecular weight is 367 g/mol. The van der Waals surface area contributed by atoms with Gasteiger partial charge in [0, 0.05) is 19.4 Å². The molecule has 0 spiro atoms. The van der Waals surface area contributed by atoms with Crippen LogP contribution in [0.3, 0.4) is 0 Å². The van der Waals surface area contributed by atoms with E-state index < -0.39 is 0 Å². The molecule has 3 rings (SSSR count). The molecule has 25 heavy (non-hydrogen) atoms. The van der Waals surface area contributed by atoms with E-state index in [1.165, 1.54) is 0 Å². The Hall–Kier alpha value is -2.12. The van der Waals surface area contributed by atoms with E-state index in [1.807, 2.05) is 24.3 Å². The van der Waals surface area contributed by atoms with E-state index in [4.69, 9.17) is 9.26 Å². The lowest BCUT2D eigenvalue weighted by molar-refractivity contribution is -0.122. The number of hydrogen-bond acceptors (Lipinski definition) is 6. The molecule has 8 heteroatoms. The van der Waals surface area contributed by atoms with Crippen molar-refractivity contribution in [3.05, 3.63) is 41.5 Å². The average Bonchev–Trinajstić information content (AvgIpc) is 3.27. The van der Waals surface area contributed by atoms with Gasteiger partial charge in [-0.1, -0.05) is 17.3 Å². The highest BCUT2D eigenvalue weighted by atomic mass is 35.5. The molecule has 1 fully saturated rings. The first-order valence-corrected chi connectivity index (χ1v) is 8.20. The van der Waals surface area contributed by atoms with E-state index in [0.717, 1.165) is 30.7 Å². The molecule has 1 aliphatic rings. The highest BCUT2D eigenvalue weighted by Crippen LogP contribution is 2.13. The summed E-state index contributed by atoms with van der Waals surface area (Å²) in [5, 5.41) is 10.1. The molecule has 136 valence electrons. The summed E-state index contributed by atoms with van der Waals surface area (Å²) in [6.45, 7) is 1.41. The van der Waals surface area contributed by atoms with Gasteiger partial charge in [0.05, 0.1) is 13.2 Å². The van der Waals surface area contributed by atoms with Crippen molar-refractivity contribution in [1.82, 2.24) is 20.8 Å². The zero-order valence-corrected chi connectivity index (χ0v) is 15.0. The summed E-state index contributed by atoms with van der Waals surface area (Å²) in [6, 6.07) is 7.71. The minimum atomic E-state index is -0.0571. The number of methoxy groups -OCH3 is 1. The maximum Gasteiger partial charge on any atom is 0.237 e. The Balaban J connectivity index is 0.00000225. The van der Waals surface area contributed by atoms with E-state index in [9.17, 15) is 4.79 Å². The lowest BCUT2D eigenvalue weighted by atomic mass is 10.1. The van der Waals surface area contributed by atoms with Crippen molar-refractivity contribution in [1.29, 1.82) is 0 Å². The highest BCUT2D eigenvalue weighted by molar-refractivity contribution is 5.85. The second kappa shape index (κ2) is 9.39. The first kappa shape index (κ1) is 19.2. The third kappa shape index (κ3) is 5.44. The molecule has 2 N–H and O–H groups in total. The van der Waals surface area contributed by atoms with E-state index in [1.54, 1.807) is 7.11 Å². The van der Waals surface area contributed by atoms with Gasteiger partial charge in [-0.05, 0) is 37.1 Å². The first-order chi connectivity index (χ1) is 11.7. The fraction of sp³-hybridized carbons (Fsp3) is 0.471. The minimum absolute atomic E-state index is 0. The van der Waals surface area contributed by atoms with Gasteiger partial charge in [-0.15, -0.1) is 12.4 Å². The normalized spacial score (nSPS) is 16.3. The van der Waals surface area contributed by atoms with Crippen LogP contribution in [0.25, 0.3) is 0 Å². The predicted octanol–water partition coefficient (Wildman–Crippen LogP) is 1.50. The molecule has 0 bridgehead atoms.